The molecule has 2 N–H and O–H groups in total. The molecule has 2 heterocycles. The second-order valence-electron chi connectivity index (χ2n) is 4.50. The monoisotopic (exact) mass is 265 g/mol. The van der Waals surface area contributed by atoms with Crippen LogP contribution in [-0.2, 0) is 4.74 Å². The van der Waals surface area contributed by atoms with Crippen LogP contribution in [0.25, 0.3) is 0 Å². The third-order valence-electron chi connectivity index (χ3n) is 3.07. The molecule has 1 aromatic heterocycles. The molecular formula is C13H19N3O3. The fraction of sp³-hybridized carbons (Fsp3) is 0.538. The maximum Gasteiger partial charge on any atom is 0.337 e. The van der Waals surface area contributed by atoms with E-state index < -0.39 is 5.97 Å². The Balaban J connectivity index is 1.70. The number of carboxylic acid groups (broad SMARTS) is 1. The standard InChI is InChI=1S/C13H19N3O3/c17-13(18)11-8-12(10-14-9-11)15-2-1-3-16-4-6-19-7-5-16/h8-10,15H,1-7H2,(H,17,18). The number of rotatable bonds is 6. The van der Waals surface area contributed by atoms with Crippen LogP contribution >= 0.6 is 0 Å². The van der Waals surface area contributed by atoms with Crippen molar-refractivity contribution < 1.29 is 14.6 Å². The van der Waals surface area contributed by atoms with E-state index in [1.165, 1.54) is 6.20 Å². The van der Waals surface area contributed by atoms with Crippen molar-refractivity contribution in [2.45, 2.75) is 6.42 Å². The third kappa shape index (κ3) is 4.50. The first kappa shape index (κ1) is 13.8. The van der Waals surface area contributed by atoms with Crippen molar-refractivity contribution >= 4 is 11.7 Å². The number of morpholine rings is 1. The Morgan fingerprint density at radius 2 is 2.21 bits per heavy atom. The number of anilines is 1. The Morgan fingerprint density at radius 3 is 2.95 bits per heavy atom. The molecule has 0 aliphatic carbocycles. The van der Waals surface area contributed by atoms with Crippen molar-refractivity contribution in [1.82, 2.24) is 9.88 Å². The number of pyridine rings is 1. The van der Waals surface area contributed by atoms with Crippen LogP contribution in [0.4, 0.5) is 5.69 Å². The molecule has 1 aliphatic heterocycles. The smallest absolute Gasteiger partial charge is 0.337 e. The molecule has 1 fully saturated rings. The van der Waals surface area contributed by atoms with Gasteiger partial charge in [-0.05, 0) is 19.0 Å². The van der Waals surface area contributed by atoms with Crippen LogP contribution in [0, 0.1) is 0 Å². The number of ether oxygens (including phenoxy) is 1. The van der Waals surface area contributed by atoms with E-state index in [2.05, 4.69) is 15.2 Å². The van der Waals surface area contributed by atoms with Crippen LogP contribution in [0.3, 0.4) is 0 Å². The van der Waals surface area contributed by atoms with Gasteiger partial charge in [-0.15, -0.1) is 0 Å². The Morgan fingerprint density at radius 1 is 1.42 bits per heavy atom. The van der Waals surface area contributed by atoms with E-state index in [9.17, 15) is 4.79 Å². The molecule has 19 heavy (non-hydrogen) atoms. The lowest BCUT2D eigenvalue weighted by Crippen LogP contribution is -2.37. The summed E-state index contributed by atoms with van der Waals surface area (Å²) in [7, 11) is 0. The molecule has 0 radical (unpaired) electrons. The summed E-state index contributed by atoms with van der Waals surface area (Å²) in [6, 6.07) is 1.60. The van der Waals surface area contributed by atoms with E-state index in [0.717, 1.165) is 51.5 Å². The summed E-state index contributed by atoms with van der Waals surface area (Å²) in [5.41, 5.74) is 0.958. The summed E-state index contributed by atoms with van der Waals surface area (Å²) in [6.07, 6.45) is 4.00. The molecule has 1 saturated heterocycles. The van der Waals surface area contributed by atoms with E-state index in [1.54, 1.807) is 12.3 Å². The second kappa shape index (κ2) is 7.06. The fourth-order valence-electron chi connectivity index (χ4n) is 2.01. The van der Waals surface area contributed by atoms with Crippen molar-refractivity contribution in [1.29, 1.82) is 0 Å². The molecule has 1 aromatic rings. The first-order valence-corrected chi connectivity index (χ1v) is 6.48. The highest BCUT2D eigenvalue weighted by Gasteiger charge is 2.09. The Bertz CT molecular complexity index is 419. The average Bonchev–Trinajstić information content (AvgIpc) is 2.45. The van der Waals surface area contributed by atoms with Crippen molar-refractivity contribution in [2.75, 3.05) is 44.7 Å². The number of hydrogen-bond donors (Lipinski definition) is 2. The zero-order valence-electron chi connectivity index (χ0n) is 10.8. The summed E-state index contributed by atoms with van der Waals surface area (Å²) < 4.78 is 5.29. The van der Waals surface area contributed by atoms with Crippen LogP contribution in [-0.4, -0.2) is 60.4 Å². The highest BCUT2D eigenvalue weighted by atomic mass is 16.5. The first-order chi connectivity index (χ1) is 9.25. The summed E-state index contributed by atoms with van der Waals surface area (Å²) in [5.74, 6) is -0.954. The van der Waals surface area contributed by atoms with Crippen LogP contribution in [0.2, 0.25) is 0 Å². The number of hydrogen-bond acceptors (Lipinski definition) is 5. The van der Waals surface area contributed by atoms with Gasteiger partial charge in [-0.25, -0.2) is 4.79 Å². The molecule has 0 aromatic carbocycles. The number of carboxylic acids is 1. The van der Waals surface area contributed by atoms with Gasteiger partial charge in [-0.3, -0.25) is 9.88 Å². The molecule has 0 spiro atoms. The fourth-order valence-corrected chi connectivity index (χ4v) is 2.01. The quantitative estimate of drug-likeness (QED) is 0.745. The SMILES string of the molecule is O=C(O)c1cncc(NCCCN2CCOCC2)c1. The molecule has 0 saturated carbocycles. The molecular weight excluding hydrogens is 246 g/mol. The van der Waals surface area contributed by atoms with E-state index in [0.29, 0.717) is 0 Å². The normalized spacial score (nSPS) is 16.2. The lowest BCUT2D eigenvalue weighted by atomic mass is 10.2. The van der Waals surface area contributed by atoms with Crippen molar-refractivity contribution in [3.05, 3.63) is 24.0 Å². The van der Waals surface area contributed by atoms with Crippen LogP contribution in [0.1, 0.15) is 16.8 Å². The number of nitrogens with one attached hydrogen (secondary N) is 1. The highest BCUT2D eigenvalue weighted by Crippen LogP contribution is 2.08. The van der Waals surface area contributed by atoms with Gasteiger partial charge in [0.25, 0.3) is 0 Å². The molecule has 1 aliphatic rings. The second-order valence-corrected chi connectivity index (χ2v) is 4.50. The van der Waals surface area contributed by atoms with Crippen LogP contribution in [0.15, 0.2) is 18.5 Å². The van der Waals surface area contributed by atoms with Gasteiger partial charge >= 0.3 is 5.97 Å². The van der Waals surface area contributed by atoms with Crippen molar-refractivity contribution in [2.24, 2.45) is 0 Å². The minimum Gasteiger partial charge on any atom is -0.478 e. The predicted octanol–water partition coefficient (Wildman–Crippen LogP) is 0.914. The van der Waals surface area contributed by atoms with Gasteiger partial charge in [-0.1, -0.05) is 0 Å². The largest absolute Gasteiger partial charge is 0.478 e. The molecule has 6 heteroatoms. The topological polar surface area (TPSA) is 74.7 Å². The molecule has 0 unspecified atom stereocenters. The minimum absolute atomic E-state index is 0.207. The van der Waals surface area contributed by atoms with Crippen molar-refractivity contribution in [3.63, 3.8) is 0 Å². The number of nitrogens with zero attached hydrogens (tertiary/aromatic N) is 2. The number of aromatic carboxylic acids is 1. The summed E-state index contributed by atoms with van der Waals surface area (Å²) in [5, 5.41) is 12.1. The predicted molar refractivity (Wildman–Crippen MR) is 71.6 cm³/mol. The van der Waals surface area contributed by atoms with E-state index >= 15 is 0 Å². The van der Waals surface area contributed by atoms with Crippen molar-refractivity contribution in [3.8, 4) is 0 Å². The maximum absolute atomic E-state index is 10.8. The lowest BCUT2D eigenvalue weighted by molar-refractivity contribution is 0.0378. The van der Waals surface area contributed by atoms with Gasteiger partial charge < -0.3 is 15.2 Å². The average molecular weight is 265 g/mol. The van der Waals surface area contributed by atoms with E-state index in [-0.39, 0.29) is 5.56 Å². The Labute approximate surface area is 112 Å². The Kier molecular flexibility index (Phi) is 5.11. The molecule has 6 nitrogen and oxygen atoms in total. The number of carbonyl (C=O) groups is 1. The molecule has 0 amide bonds. The maximum atomic E-state index is 10.8. The van der Waals surface area contributed by atoms with Gasteiger partial charge in [0.2, 0.25) is 0 Å². The summed E-state index contributed by atoms with van der Waals surface area (Å²) >= 11 is 0. The third-order valence-corrected chi connectivity index (χ3v) is 3.07. The molecule has 0 bridgehead atoms. The van der Waals surface area contributed by atoms with Gasteiger partial charge in [0, 0.05) is 32.0 Å². The zero-order valence-corrected chi connectivity index (χ0v) is 10.8. The van der Waals surface area contributed by atoms with Gasteiger partial charge in [0.15, 0.2) is 0 Å². The highest BCUT2D eigenvalue weighted by molar-refractivity contribution is 5.88. The Hall–Kier alpha value is -1.66. The minimum atomic E-state index is -0.954. The zero-order chi connectivity index (χ0) is 13.5. The van der Waals surface area contributed by atoms with Gasteiger partial charge in [-0.2, -0.15) is 0 Å². The van der Waals surface area contributed by atoms with Gasteiger partial charge in [0.1, 0.15) is 0 Å². The molecule has 2 rings (SSSR count). The van der Waals surface area contributed by atoms with Gasteiger partial charge in [0.05, 0.1) is 24.5 Å². The van der Waals surface area contributed by atoms with Crippen LogP contribution < -0.4 is 5.32 Å². The molecule has 104 valence electrons. The molecule has 0 atom stereocenters. The first-order valence-electron chi connectivity index (χ1n) is 6.48. The summed E-state index contributed by atoms with van der Waals surface area (Å²) in [6.45, 7) is 5.46. The van der Waals surface area contributed by atoms with E-state index in [1.807, 2.05) is 0 Å². The van der Waals surface area contributed by atoms with Crippen LogP contribution in [0.5, 0.6) is 0 Å². The lowest BCUT2D eigenvalue weighted by Gasteiger charge is -2.26. The number of aromatic nitrogens is 1. The summed E-state index contributed by atoms with van der Waals surface area (Å²) in [4.78, 5) is 17.1. The van der Waals surface area contributed by atoms with E-state index in [4.69, 9.17) is 9.84 Å².